The first-order valence-corrected chi connectivity index (χ1v) is 6.04. The zero-order valence-corrected chi connectivity index (χ0v) is 10.6. The predicted octanol–water partition coefficient (Wildman–Crippen LogP) is 2.89. The van der Waals surface area contributed by atoms with Gasteiger partial charge in [0.15, 0.2) is 0 Å². The predicted molar refractivity (Wildman–Crippen MR) is 67.3 cm³/mol. The van der Waals surface area contributed by atoms with Gasteiger partial charge in [-0.2, -0.15) is 0 Å². The van der Waals surface area contributed by atoms with Crippen LogP contribution in [0.1, 0.15) is 43.7 Å². The zero-order chi connectivity index (χ0) is 11.7. The Hall–Kier alpha value is -1.02. The fourth-order valence-electron chi connectivity index (χ4n) is 2.31. The van der Waals surface area contributed by atoms with Gasteiger partial charge in [-0.15, -0.1) is 0 Å². The summed E-state index contributed by atoms with van der Waals surface area (Å²) in [7, 11) is 1.74. The Labute approximate surface area is 98.0 Å². The Morgan fingerprint density at radius 3 is 2.56 bits per heavy atom. The molecule has 1 aliphatic rings. The van der Waals surface area contributed by atoms with Gasteiger partial charge in [-0.05, 0) is 30.0 Å². The van der Waals surface area contributed by atoms with Gasteiger partial charge in [0.25, 0.3) is 0 Å². The van der Waals surface area contributed by atoms with E-state index in [1.54, 1.807) is 7.11 Å². The number of nitrogens with one attached hydrogen (secondary N) is 1. The number of hydrogen-bond donors (Lipinski definition) is 1. The van der Waals surface area contributed by atoms with Crippen molar-refractivity contribution in [2.75, 3.05) is 13.7 Å². The number of hydrogen-bond acceptors (Lipinski definition) is 2. The molecule has 2 unspecified atom stereocenters. The van der Waals surface area contributed by atoms with E-state index in [4.69, 9.17) is 4.74 Å². The highest BCUT2D eigenvalue weighted by molar-refractivity contribution is 5.41. The van der Waals surface area contributed by atoms with E-state index < -0.39 is 0 Å². The van der Waals surface area contributed by atoms with Crippen molar-refractivity contribution in [2.24, 2.45) is 0 Å². The normalized spacial score (nSPS) is 24.3. The molecule has 0 spiro atoms. The summed E-state index contributed by atoms with van der Waals surface area (Å²) in [6, 6.07) is 7.22. The average Bonchev–Trinajstić information content (AvgIpc) is 2.27. The molecule has 1 aromatic carbocycles. The molecule has 88 valence electrons. The van der Waals surface area contributed by atoms with Gasteiger partial charge in [-0.1, -0.05) is 26.0 Å². The summed E-state index contributed by atoms with van der Waals surface area (Å²) in [6.45, 7) is 7.77. The van der Waals surface area contributed by atoms with Crippen LogP contribution in [0, 0.1) is 0 Å². The largest absolute Gasteiger partial charge is 0.496 e. The maximum absolute atomic E-state index is 5.40. The first-order chi connectivity index (χ1) is 7.63. The molecule has 2 heteroatoms. The van der Waals surface area contributed by atoms with Crippen molar-refractivity contribution in [3.63, 3.8) is 0 Å². The lowest BCUT2D eigenvalue weighted by Crippen LogP contribution is -2.48. The maximum atomic E-state index is 5.40. The summed E-state index contributed by atoms with van der Waals surface area (Å²) in [5.74, 6) is 2.19. The van der Waals surface area contributed by atoms with Crippen LogP contribution in [0.25, 0.3) is 0 Å². The molecule has 2 atom stereocenters. The second kappa shape index (κ2) is 4.46. The first-order valence-electron chi connectivity index (χ1n) is 6.04. The summed E-state index contributed by atoms with van der Waals surface area (Å²) in [5, 5.41) is 3.40. The summed E-state index contributed by atoms with van der Waals surface area (Å²) >= 11 is 0. The van der Waals surface area contributed by atoms with Crippen LogP contribution in [0.15, 0.2) is 18.2 Å². The monoisotopic (exact) mass is 219 g/mol. The Kier molecular flexibility index (Phi) is 3.20. The van der Waals surface area contributed by atoms with E-state index in [1.807, 2.05) is 0 Å². The minimum atomic E-state index is 0.512. The van der Waals surface area contributed by atoms with Crippen molar-refractivity contribution >= 4 is 0 Å². The molecule has 0 aliphatic carbocycles. The van der Waals surface area contributed by atoms with Crippen molar-refractivity contribution in [3.8, 4) is 5.75 Å². The van der Waals surface area contributed by atoms with E-state index >= 15 is 0 Å². The Bertz CT molecular complexity index is 373. The highest BCUT2D eigenvalue weighted by Crippen LogP contribution is 2.33. The molecule has 0 radical (unpaired) electrons. The van der Waals surface area contributed by atoms with Gasteiger partial charge in [0, 0.05) is 18.5 Å². The van der Waals surface area contributed by atoms with Crippen LogP contribution in [-0.2, 0) is 0 Å². The second-order valence-corrected chi connectivity index (χ2v) is 4.96. The van der Waals surface area contributed by atoms with Gasteiger partial charge in [0.05, 0.1) is 7.11 Å². The molecule has 1 aliphatic heterocycles. The molecular formula is C14H21NO. The second-order valence-electron chi connectivity index (χ2n) is 4.96. The molecule has 1 fully saturated rings. The Morgan fingerprint density at radius 2 is 2.12 bits per heavy atom. The zero-order valence-electron chi connectivity index (χ0n) is 10.6. The minimum Gasteiger partial charge on any atom is -0.496 e. The van der Waals surface area contributed by atoms with Crippen molar-refractivity contribution < 1.29 is 4.74 Å². The molecule has 2 nitrogen and oxygen atoms in total. The fourth-order valence-corrected chi connectivity index (χ4v) is 2.31. The number of benzene rings is 1. The van der Waals surface area contributed by atoms with E-state index in [0.29, 0.717) is 17.9 Å². The van der Waals surface area contributed by atoms with Crippen molar-refractivity contribution in [1.82, 2.24) is 5.32 Å². The van der Waals surface area contributed by atoms with Gasteiger partial charge in [0.2, 0.25) is 0 Å². The Morgan fingerprint density at radius 1 is 1.38 bits per heavy atom. The van der Waals surface area contributed by atoms with Gasteiger partial charge < -0.3 is 10.1 Å². The number of ether oxygens (including phenoxy) is 1. The van der Waals surface area contributed by atoms with Crippen molar-refractivity contribution in [2.45, 2.75) is 38.6 Å². The van der Waals surface area contributed by atoms with Crippen LogP contribution in [0.2, 0.25) is 0 Å². The molecule has 0 bridgehead atoms. The SMILES string of the molecule is COc1ccc(C2CNC2C)cc1C(C)C. The van der Waals surface area contributed by atoms with Crippen LogP contribution >= 0.6 is 0 Å². The molecule has 1 saturated heterocycles. The van der Waals surface area contributed by atoms with E-state index in [9.17, 15) is 0 Å². The molecule has 16 heavy (non-hydrogen) atoms. The third kappa shape index (κ3) is 1.94. The standard InChI is InChI=1S/C14H21NO/c1-9(2)12-7-11(5-6-14(12)16-4)13-8-15-10(13)3/h5-7,9-10,13,15H,8H2,1-4H3. The third-order valence-electron chi connectivity index (χ3n) is 3.57. The topological polar surface area (TPSA) is 21.3 Å². The lowest BCUT2D eigenvalue weighted by molar-refractivity contribution is 0.333. The summed E-state index contributed by atoms with van der Waals surface area (Å²) in [6.07, 6.45) is 0. The molecule has 0 aromatic heterocycles. The van der Waals surface area contributed by atoms with Crippen LogP contribution in [-0.4, -0.2) is 19.7 Å². The molecule has 1 aromatic rings. The first kappa shape index (κ1) is 11.5. The van der Waals surface area contributed by atoms with E-state index in [-0.39, 0.29) is 0 Å². The van der Waals surface area contributed by atoms with Crippen molar-refractivity contribution in [1.29, 1.82) is 0 Å². The van der Waals surface area contributed by atoms with Crippen molar-refractivity contribution in [3.05, 3.63) is 29.3 Å². The molecule has 0 saturated carbocycles. The molecule has 1 heterocycles. The van der Waals surface area contributed by atoms with Crippen LogP contribution in [0.5, 0.6) is 5.75 Å². The van der Waals surface area contributed by atoms with Gasteiger partial charge in [-0.3, -0.25) is 0 Å². The molecule has 1 N–H and O–H groups in total. The summed E-state index contributed by atoms with van der Waals surface area (Å²) in [4.78, 5) is 0. The van der Waals surface area contributed by atoms with E-state index in [2.05, 4.69) is 44.3 Å². The number of rotatable bonds is 3. The van der Waals surface area contributed by atoms with Crippen LogP contribution in [0.3, 0.4) is 0 Å². The lowest BCUT2D eigenvalue weighted by Gasteiger charge is -2.36. The molecule has 0 amide bonds. The third-order valence-corrected chi connectivity index (χ3v) is 3.57. The molecular weight excluding hydrogens is 198 g/mol. The average molecular weight is 219 g/mol. The van der Waals surface area contributed by atoms with Gasteiger partial charge in [-0.25, -0.2) is 0 Å². The highest BCUT2D eigenvalue weighted by atomic mass is 16.5. The lowest BCUT2D eigenvalue weighted by atomic mass is 9.84. The number of methoxy groups -OCH3 is 1. The van der Waals surface area contributed by atoms with E-state index in [0.717, 1.165) is 12.3 Å². The summed E-state index contributed by atoms with van der Waals surface area (Å²) in [5.41, 5.74) is 2.76. The fraction of sp³-hybridized carbons (Fsp3) is 0.571. The molecule has 2 rings (SSSR count). The highest BCUT2D eigenvalue weighted by Gasteiger charge is 2.28. The van der Waals surface area contributed by atoms with Crippen LogP contribution in [0.4, 0.5) is 0 Å². The Balaban J connectivity index is 2.31. The van der Waals surface area contributed by atoms with E-state index in [1.165, 1.54) is 11.1 Å². The van der Waals surface area contributed by atoms with Crippen LogP contribution < -0.4 is 10.1 Å². The minimum absolute atomic E-state index is 0.512. The summed E-state index contributed by atoms with van der Waals surface area (Å²) < 4.78 is 5.40. The maximum Gasteiger partial charge on any atom is 0.122 e. The quantitative estimate of drug-likeness (QED) is 0.844. The van der Waals surface area contributed by atoms with Gasteiger partial charge >= 0.3 is 0 Å². The smallest absolute Gasteiger partial charge is 0.122 e. The van der Waals surface area contributed by atoms with Gasteiger partial charge in [0.1, 0.15) is 5.75 Å².